The van der Waals surface area contributed by atoms with Crippen molar-refractivity contribution in [1.82, 2.24) is 19.4 Å². The van der Waals surface area contributed by atoms with E-state index in [2.05, 4.69) is 9.88 Å². The van der Waals surface area contributed by atoms with Gasteiger partial charge in [0.15, 0.2) is 11.5 Å². The van der Waals surface area contributed by atoms with E-state index < -0.39 is 0 Å². The van der Waals surface area contributed by atoms with Crippen molar-refractivity contribution < 1.29 is 9.47 Å². The summed E-state index contributed by atoms with van der Waals surface area (Å²) in [7, 11) is 3.15. The number of hydrogen-bond donors (Lipinski definition) is 0. The summed E-state index contributed by atoms with van der Waals surface area (Å²) in [5.41, 5.74) is 2.67. The minimum atomic E-state index is -0.0310. The second-order valence-electron chi connectivity index (χ2n) is 7.01. The summed E-state index contributed by atoms with van der Waals surface area (Å²) in [6, 6.07) is 9.57. The highest BCUT2D eigenvalue weighted by atomic mass is 16.5. The lowest BCUT2D eigenvalue weighted by atomic mass is 10.2. The van der Waals surface area contributed by atoms with Crippen LogP contribution in [0.4, 0.5) is 0 Å². The maximum absolute atomic E-state index is 13.1. The molecule has 1 aromatic carbocycles. The zero-order valence-corrected chi connectivity index (χ0v) is 16.4. The van der Waals surface area contributed by atoms with Crippen LogP contribution in [-0.2, 0) is 19.5 Å². The topological polar surface area (TPSA) is 69.5 Å². The van der Waals surface area contributed by atoms with Crippen LogP contribution in [0.15, 0.2) is 35.1 Å². The fraction of sp³-hybridized carbons (Fsp3) is 0.381. The van der Waals surface area contributed by atoms with Crippen molar-refractivity contribution in [2.75, 3.05) is 27.3 Å². The highest BCUT2D eigenvalue weighted by Crippen LogP contribution is 2.30. The van der Waals surface area contributed by atoms with E-state index in [0.717, 1.165) is 36.8 Å². The van der Waals surface area contributed by atoms with Gasteiger partial charge >= 0.3 is 0 Å². The number of benzene rings is 1. The Labute approximate surface area is 163 Å². The average Bonchev–Trinajstić information content (AvgIpc) is 2.90. The molecule has 0 saturated heterocycles. The summed E-state index contributed by atoms with van der Waals surface area (Å²) in [6.07, 6.45) is 0.714. The first-order valence-corrected chi connectivity index (χ1v) is 9.39. The minimum absolute atomic E-state index is 0.0310. The predicted molar refractivity (Wildman–Crippen MR) is 107 cm³/mol. The molecule has 0 bridgehead atoms. The van der Waals surface area contributed by atoms with Crippen molar-refractivity contribution in [3.8, 4) is 11.5 Å². The van der Waals surface area contributed by atoms with Gasteiger partial charge in [0.1, 0.15) is 5.82 Å². The maximum atomic E-state index is 13.1. The summed E-state index contributed by atoms with van der Waals surface area (Å²) in [4.78, 5) is 24.8. The molecule has 0 saturated carbocycles. The Kier molecular flexibility index (Phi) is 5.00. The first-order valence-electron chi connectivity index (χ1n) is 9.39. The Morgan fingerprint density at radius 2 is 1.82 bits per heavy atom. The van der Waals surface area contributed by atoms with Crippen molar-refractivity contribution in [3.05, 3.63) is 57.9 Å². The maximum Gasteiger partial charge on any atom is 0.261 e. The summed E-state index contributed by atoms with van der Waals surface area (Å²) >= 11 is 0. The Bertz CT molecular complexity index is 1080. The number of nitrogens with zero attached hydrogens (tertiary/aromatic N) is 4. The zero-order chi connectivity index (χ0) is 19.7. The van der Waals surface area contributed by atoms with Crippen LogP contribution < -0.4 is 15.0 Å². The van der Waals surface area contributed by atoms with Crippen molar-refractivity contribution in [1.29, 1.82) is 0 Å². The van der Waals surface area contributed by atoms with Crippen LogP contribution in [0.3, 0.4) is 0 Å². The molecular weight excluding hydrogens is 356 g/mol. The summed E-state index contributed by atoms with van der Waals surface area (Å²) < 4.78 is 12.5. The third-order valence-corrected chi connectivity index (χ3v) is 5.16. The van der Waals surface area contributed by atoms with Crippen LogP contribution in [-0.4, -0.2) is 46.7 Å². The highest BCUT2D eigenvalue weighted by Gasteiger charge is 2.19. The van der Waals surface area contributed by atoms with Crippen LogP contribution in [0.25, 0.3) is 10.9 Å². The van der Waals surface area contributed by atoms with Gasteiger partial charge in [-0.2, -0.15) is 0 Å². The third-order valence-electron chi connectivity index (χ3n) is 5.16. The number of aromatic nitrogens is 3. The van der Waals surface area contributed by atoms with Crippen molar-refractivity contribution in [2.24, 2.45) is 0 Å². The van der Waals surface area contributed by atoms with Crippen molar-refractivity contribution in [3.63, 3.8) is 0 Å². The van der Waals surface area contributed by atoms with E-state index in [1.807, 2.05) is 25.1 Å². The molecule has 28 heavy (non-hydrogen) atoms. The monoisotopic (exact) mass is 380 g/mol. The zero-order valence-electron chi connectivity index (χ0n) is 16.4. The predicted octanol–water partition coefficient (Wildman–Crippen LogP) is 2.18. The molecule has 0 spiro atoms. The molecule has 146 valence electrons. The van der Waals surface area contributed by atoms with Gasteiger partial charge in [0.2, 0.25) is 0 Å². The molecule has 7 nitrogen and oxygen atoms in total. The van der Waals surface area contributed by atoms with E-state index in [1.165, 1.54) is 0 Å². The fourth-order valence-electron chi connectivity index (χ4n) is 3.70. The molecule has 0 amide bonds. The Hall–Kier alpha value is -2.93. The smallest absolute Gasteiger partial charge is 0.261 e. The average molecular weight is 380 g/mol. The molecule has 3 heterocycles. The molecule has 4 rings (SSSR count). The lowest BCUT2D eigenvalue weighted by Crippen LogP contribution is -2.29. The molecule has 3 aromatic rings. The normalized spacial score (nSPS) is 14.5. The van der Waals surface area contributed by atoms with Gasteiger partial charge in [0, 0.05) is 44.4 Å². The summed E-state index contributed by atoms with van der Waals surface area (Å²) in [5.74, 6) is 1.92. The lowest BCUT2D eigenvalue weighted by molar-refractivity contribution is 0.268. The van der Waals surface area contributed by atoms with Crippen molar-refractivity contribution in [2.45, 2.75) is 26.4 Å². The van der Waals surface area contributed by atoms with Gasteiger partial charge in [-0.25, -0.2) is 4.98 Å². The van der Waals surface area contributed by atoms with Gasteiger partial charge in [-0.05, 0) is 25.1 Å². The summed E-state index contributed by atoms with van der Waals surface area (Å²) in [5, 5.41) is 0.551. The molecule has 0 aliphatic carbocycles. The molecular formula is C21H24N4O3. The number of hydrogen-bond acceptors (Lipinski definition) is 6. The third kappa shape index (κ3) is 3.45. The molecule has 0 atom stereocenters. The second-order valence-corrected chi connectivity index (χ2v) is 7.01. The number of methoxy groups -OCH3 is 2. The lowest BCUT2D eigenvalue weighted by Gasteiger charge is -2.18. The molecule has 0 unspecified atom stereocenters. The molecule has 0 radical (unpaired) electrons. The molecule has 0 N–H and O–H groups in total. The number of rotatable bonds is 4. The van der Waals surface area contributed by atoms with Gasteiger partial charge in [0.05, 0.1) is 30.8 Å². The van der Waals surface area contributed by atoms with E-state index in [9.17, 15) is 4.79 Å². The quantitative estimate of drug-likeness (QED) is 0.691. The van der Waals surface area contributed by atoms with Gasteiger partial charge in [-0.15, -0.1) is 0 Å². The standard InChI is InChI=1S/C21H24N4O3/c1-14-5-4-6-15(22-14)13-24-8-7-20-23-17-12-19(28-3)18(27-2)11-16(17)21(26)25(20)10-9-24/h4-6,11-12H,7-10,13H2,1-3H3. The minimum Gasteiger partial charge on any atom is -0.493 e. The Morgan fingerprint density at radius 3 is 2.57 bits per heavy atom. The van der Waals surface area contributed by atoms with E-state index >= 15 is 0 Å². The van der Waals surface area contributed by atoms with Gasteiger partial charge < -0.3 is 9.47 Å². The van der Waals surface area contributed by atoms with Crippen LogP contribution in [0.2, 0.25) is 0 Å². The highest BCUT2D eigenvalue weighted by molar-refractivity contribution is 5.82. The first kappa shape index (κ1) is 18.4. The van der Waals surface area contributed by atoms with Crippen LogP contribution >= 0.6 is 0 Å². The number of ether oxygens (including phenoxy) is 2. The largest absolute Gasteiger partial charge is 0.493 e. The second kappa shape index (κ2) is 7.59. The fourth-order valence-corrected chi connectivity index (χ4v) is 3.70. The summed E-state index contributed by atoms with van der Waals surface area (Å²) in [6.45, 7) is 4.99. The number of fused-ring (bicyclic) bond motifs is 2. The molecule has 0 fully saturated rings. The first-order chi connectivity index (χ1) is 13.6. The SMILES string of the molecule is COc1cc2nc3n(c(=O)c2cc1OC)CCN(Cc1cccc(C)n1)CC3. The Balaban J connectivity index is 1.65. The van der Waals surface area contributed by atoms with E-state index in [0.29, 0.717) is 35.4 Å². The molecule has 2 aromatic heterocycles. The Morgan fingerprint density at radius 1 is 1.04 bits per heavy atom. The molecule has 7 heteroatoms. The van der Waals surface area contributed by atoms with Crippen molar-refractivity contribution >= 4 is 10.9 Å². The van der Waals surface area contributed by atoms with Gasteiger partial charge in [-0.3, -0.25) is 19.2 Å². The number of pyridine rings is 1. The van der Waals surface area contributed by atoms with E-state index in [-0.39, 0.29) is 5.56 Å². The van der Waals surface area contributed by atoms with Gasteiger partial charge in [0.25, 0.3) is 5.56 Å². The van der Waals surface area contributed by atoms with E-state index in [4.69, 9.17) is 14.5 Å². The van der Waals surface area contributed by atoms with Gasteiger partial charge in [-0.1, -0.05) is 6.07 Å². The number of aryl methyl sites for hydroxylation is 1. The van der Waals surface area contributed by atoms with Crippen LogP contribution in [0, 0.1) is 6.92 Å². The molecule has 1 aliphatic rings. The molecule has 1 aliphatic heterocycles. The van der Waals surface area contributed by atoms with Crippen LogP contribution in [0.5, 0.6) is 11.5 Å². The van der Waals surface area contributed by atoms with Crippen LogP contribution in [0.1, 0.15) is 17.2 Å². The van der Waals surface area contributed by atoms with E-state index in [1.54, 1.807) is 30.9 Å².